The van der Waals surface area contributed by atoms with Crippen molar-refractivity contribution >= 4 is 23.5 Å². The number of aryl methyl sites for hydroxylation is 1. The molecule has 2 aromatic carbocycles. The summed E-state index contributed by atoms with van der Waals surface area (Å²) in [7, 11) is 1.62. The minimum Gasteiger partial charge on any atom is -0.495 e. The topological polar surface area (TPSA) is 72.2 Å². The van der Waals surface area contributed by atoms with Crippen LogP contribution in [0.25, 0.3) is 11.8 Å². The smallest absolute Gasteiger partial charge is 0.272 e. The summed E-state index contributed by atoms with van der Waals surface area (Å²) in [5, 5.41) is 3.75. The van der Waals surface area contributed by atoms with E-state index in [1.165, 1.54) is 12.1 Å². The van der Waals surface area contributed by atoms with Crippen LogP contribution >= 0.6 is 0 Å². The molecule has 1 amide bonds. The highest BCUT2D eigenvalue weighted by Gasteiger charge is 2.38. The summed E-state index contributed by atoms with van der Waals surface area (Å²) in [4.78, 5) is 21.4. The summed E-state index contributed by atoms with van der Waals surface area (Å²) < 4.78 is 26.9. The van der Waals surface area contributed by atoms with Gasteiger partial charge in [-0.2, -0.15) is 4.99 Å². The molecule has 5 rings (SSSR count). The van der Waals surface area contributed by atoms with Crippen molar-refractivity contribution in [2.24, 2.45) is 4.99 Å². The van der Waals surface area contributed by atoms with Gasteiger partial charge < -0.3 is 14.0 Å². The lowest BCUT2D eigenvalue weighted by atomic mass is 10.1. The van der Waals surface area contributed by atoms with E-state index in [2.05, 4.69) is 9.98 Å². The number of amides is 1. The van der Waals surface area contributed by atoms with Crippen LogP contribution in [0.15, 0.2) is 65.7 Å². The molecule has 1 saturated heterocycles. The van der Waals surface area contributed by atoms with Crippen LogP contribution in [-0.4, -0.2) is 52.6 Å². The number of anilines is 1. The van der Waals surface area contributed by atoms with E-state index in [9.17, 15) is 9.18 Å². The van der Waals surface area contributed by atoms with E-state index >= 15 is 0 Å². The van der Waals surface area contributed by atoms with Gasteiger partial charge in [0.25, 0.3) is 5.91 Å². The third-order valence-corrected chi connectivity index (χ3v) is 5.81. The molecule has 1 atom stereocenters. The van der Waals surface area contributed by atoms with E-state index in [4.69, 9.17) is 9.47 Å². The van der Waals surface area contributed by atoms with Gasteiger partial charge in [0.15, 0.2) is 11.6 Å². The first-order valence-corrected chi connectivity index (χ1v) is 10.9. The fourth-order valence-electron chi connectivity index (χ4n) is 4.14. The van der Waals surface area contributed by atoms with Crippen LogP contribution in [0, 0.1) is 12.7 Å². The maximum atomic E-state index is 13.5. The first-order chi connectivity index (χ1) is 16.4. The Hall–Kier alpha value is -4.14. The lowest BCUT2D eigenvalue weighted by Crippen LogP contribution is -2.60. The molecule has 0 spiro atoms. The summed E-state index contributed by atoms with van der Waals surface area (Å²) in [6.07, 6.45) is 5.50. The van der Waals surface area contributed by atoms with E-state index < -0.39 is 6.04 Å². The Labute approximate surface area is 196 Å². The SMILES string of the molecule is COc1cc(C=C2OCCN3C2=NC(=O)C(C)N3c2ccc(F)cc2)ccc1-n1cnc(C)c1. The second kappa shape index (κ2) is 8.66. The number of nitrogens with zero attached hydrogens (tertiary/aromatic N) is 5. The van der Waals surface area contributed by atoms with Crippen LogP contribution in [0.1, 0.15) is 18.2 Å². The molecule has 34 heavy (non-hydrogen) atoms. The van der Waals surface area contributed by atoms with Crippen LogP contribution in [0.5, 0.6) is 5.75 Å². The van der Waals surface area contributed by atoms with Gasteiger partial charge in [-0.3, -0.25) is 14.8 Å². The Morgan fingerprint density at radius 2 is 2.00 bits per heavy atom. The molecule has 0 bridgehead atoms. The first-order valence-electron chi connectivity index (χ1n) is 10.9. The first kappa shape index (κ1) is 21.7. The number of aliphatic imine (C=N–C) groups is 1. The number of hydrazine groups is 1. The molecule has 0 radical (unpaired) electrons. The highest BCUT2D eigenvalue weighted by molar-refractivity contribution is 6.10. The van der Waals surface area contributed by atoms with Gasteiger partial charge in [-0.1, -0.05) is 6.07 Å². The fraction of sp³-hybridized carbons (Fsp3) is 0.240. The van der Waals surface area contributed by atoms with Gasteiger partial charge in [-0.15, -0.1) is 0 Å². The molecule has 1 aromatic heterocycles. The van der Waals surface area contributed by atoms with Gasteiger partial charge in [0, 0.05) is 6.20 Å². The van der Waals surface area contributed by atoms with E-state index in [-0.39, 0.29) is 11.7 Å². The monoisotopic (exact) mass is 461 g/mol. The largest absolute Gasteiger partial charge is 0.495 e. The molecule has 0 N–H and O–H groups in total. The number of halogens is 1. The Bertz CT molecular complexity index is 1300. The number of morpholine rings is 1. The summed E-state index contributed by atoms with van der Waals surface area (Å²) in [6, 6.07) is 11.3. The summed E-state index contributed by atoms with van der Waals surface area (Å²) in [5.74, 6) is 0.941. The minimum absolute atomic E-state index is 0.296. The molecule has 3 aromatic rings. The number of aromatic nitrogens is 2. The standard InChI is InChI=1S/C25H24FN5O3/c1-16-14-29(15-27-16)21-9-4-18(12-22(21)33-3)13-23-24-28-25(32)17(2)31(30(24)10-11-34-23)20-7-5-19(26)6-8-20/h4-9,12-15,17H,10-11H2,1-3H3. The van der Waals surface area contributed by atoms with Crippen LogP contribution in [0.4, 0.5) is 10.1 Å². The number of carbonyl (C=O) groups excluding carboxylic acids is 1. The van der Waals surface area contributed by atoms with Crippen molar-refractivity contribution in [3.8, 4) is 11.4 Å². The summed E-state index contributed by atoms with van der Waals surface area (Å²) >= 11 is 0. The highest BCUT2D eigenvalue weighted by Crippen LogP contribution is 2.30. The number of hydrogen-bond acceptors (Lipinski definition) is 6. The zero-order valence-corrected chi connectivity index (χ0v) is 19.1. The number of carbonyl (C=O) groups is 1. The third kappa shape index (κ3) is 3.89. The molecule has 0 aliphatic carbocycles. The van der Waals surface area contributed by atoms with Crippen molar-refractivity contribution < 1.29 is 18.7 Å². The maximum Gasteiger partial charge on any atom is 0.272 e. The number of amidine groups is 1. The number of imidazole rings is 1. The second-order valence-electron chi connectivity index (χ2n) is 8.10. The number of methoxy groups -OCH3 is 1. The molecular formula is C25H24FN5O3. The quantitative estimate of drug-likeness (QED) is 0.589. The molecule has 2 aliphatic heterocycles. The molecule has 3 heterocycles. The van der Waals surface area contributed by atoms with Gasteiger partial charge >= 0.3 is 0 Å². The van der Waals surface area contributed by atoms with E-state index in [1.807, 2.05) is 52.0 Å². The number of ether oxygens (including phenoxy) is 2. The Morgan fingerprint density at radius 3 is 2.71 bits per heavy atom. The van der Waals surface area contributed by atoms with Gasteiger partial charge in [-0.05, 0) is 61.9 Å². The highest BCUT2D eigenvalue weighted by atomic mass is 19.1. The molecule has 2 aliphatic rings. The number of hydrogen-bond donors (Lipinski definition) is 0. The van der Waals surface area contributed by atoms with Crippen molar-refractivity contribution in [2.45, 2.75) is 19.9 Å². The average molecular weight is 461 g/mol. The van der Waals surface area contributed by atoms with Crippen LogP contribution < -0.4 is 9.75 Å². The molecule has 174 valence electrons. The molecule has 8 nitrogen and oxygen atoms in total. The zero-order valence-electron chi connectivity index (χ0n) is 19.1. The summed E-state index contributed by atoms with van der Waals surface area (Å²) in [5.41, 5.74) is 3.30. The van der Waals surface area contributed by atoms with E-state index in [0.29, 0.717) is 36.2 Å². The van der Waals surface area contributed by atoms with Crippen LogP contribution in [0.2, 0.25) is 0 Å². The van der Waals surface area contributed by atoms with Gasteiger partial charge in [0.1, 0.15) is 24.2 Å². The maximum absolute atomic E-state index is 13.5. The zero-order chi connectivity index (χ0) is 23.8. The number of fused-ring (bicyclic) bond motifs is 1. The molecule has 1 unspecified atom stereocenters. The van der Waals surface area contributed by atoms with E-state index in [1.54, 1.807) is 32.5 Å². The van der Waals surface area contributed by atoms with Crippen molar-refractivity contribution in [3.63, 3.8) is 0 Å². The Kier molecular flexibility index (Phi) is 5.53. The van der Waals surface area contributed by atoms with Crippen molar-refractivity contribution in [1.82, 2.24) is 14.6 Å². The Morgan fingerprint density at radius 1 is 1.21 bits per heavy atom. The predicted molar refractivity (Wildman–Crippen MR) is 126 cm³/mol. The summed E-state index contributed by atoms with van der Waals surface area (Å²) in [6.45, 7) is 4.63. The third-order valence-electron chi connectivity index (χ3n) is 5.81. The lowest BCUT2D eigenvalue weighted by molar-refractivity contribution is -0.120. The van der Waals surface area contributed by atoms with Gasteiger partial charge in [-0.25, -0.2) is 9.37 Å². The number of benzene rings is 2. The minimum atomic E-state index is -0.522. The number of rotatable bonds is 4. The van der Waals surface area contributed by atoms with Gasteiger partial charge in [0.05, 0.1) is 37.1 Å². The van der Waals surface area contributed by atoms with Gasteiger partial charge in [0.2, 0.25) is 0 Å². The van der Waals surface area contributed by atoms with Crippen molar-refractivity contribution in [2.75, 3.05) is 25.3 Å². The van der Waals surface area contributed by atoms with Crippen LogP contribution in [0.3, 0.4) is 0 Å². The van der Waals surface area contributed by atoms with Crippen molar-refractivity contribution in [1.29, 1.82) is 0 Å². The van der Waals surface area contributed by atoms with E-state index in [0.717, 1.165) is 16.9 Å². The lowest BCUT2D eigenvalue weighted by Gasteiger charge is -2.46. The van der Waals surface area contributed by atoms with Crippen molar-refractivity contribution in [3.05, 3.63) is 77.8 Å². The second-order valence-corrected chi connectivity index (χ2v) is 8.10. The molecule has 1 fully saturated rings. The normalized spacial score (nSPS) is 19.1. The predicted octanol–water partition coefficient (Wildman–Crippen LogP) is 3.75. The molecule has 9 heteroatoms. The molecule has 0 saturated carbocycles. The Balaban J connectivity index is 1.51. The molecular weight excluding hydrogens is 437 g/mol. The average Bonchev–Trinajstić information content (AvgIpc) is 3.27. The fourth-order valence-corrected chi connectivity index (χ4v) is 4.14. The van der Waals surface area contributed by atoms with Crippen LogP contribution in [-0.2, 0) is 9.53 Å².